The molecule has 1 amide bonds. The monoisotopic (exact) mass is 344 g/mol. The van der Waals surface area contributed by atoms with E-state index < -0.39 is 4.92 Å². The summed E-state index contributed by atoms with van der Waals surface area (Å²) in [6, 6.07) is 9.47. The molecule has 0 saturated carbocycles. The molecule has 0 saturated heterocycles. The normalized spacial score (nSPS) is 12.7. The van der Waals surface area contributed by atoms with Crippen molar-refractivity contribution in [3.8, 4) is 11.5 Å². The number of ether oxygens (including phenoxy) is 3. The summed E-state index contributed by atoms with van der Waals surface area (Å²) in [5.41, 5.74) is 1.52. The van der Waals surface area contributed by atoms with Gasteiger partial charge in [-0.05, 0) is 24.3 Å². The predicted molar refractivity (Wildman–Crippen MR) is 87.5 cm³/mol. The Kier molecular flexibility index (Phi) is 4.80. The van der Waals surface area contributed by atoms with E-state index in [0.29, 0.717) is 28.2 Å². The minimum Gasteiger partial charge on any atom is -0.497 e. The van der Waals surface area contributed by atoms with Crippen LogP contribution in [0.1, 0.15) is 21.5 Å². The second-order valence-electron chi connectivity index (χ2n) is 5.37. The van der Waals surface area contributed by atoms with Crippen molar-refractivity contribution in [1.29, 1.82) is 0 Å². The molecule has 25 heavy (non-hydrogen) atoms. The van der Waals surface area contributed by atoms with Crippen molar-refractivity contribution in [2.45, 2.75) is 13.2 Å². The zero-order valence-corrected chi connectivity index (χ0v) is 13.5. The maximum absolute atomic E-state index is 12.3. The first-order valence-electron chi connectivity index (χ1n) is 7.51. The highest BCUT2D eigenvalue weighted by Crippen LogP contribution is 2.32. The Labute approximate surface area is 143 Å². The maximum Gasteiger partial charge on any atom is 0.270 e. The van der Waals surface area contributed by atoms with Crippen molar-refractivity contribution >= 4 is 11.6 Å². The van der Waals surface area contributed by atoms with E-state index in [4.69, 9.17) is 14.2 Å². The Morgan fingerprint density at radius 1 is 1.32 bits per heavy atom. The highest BCUT2D eigenvalue weighted by molar-refractivity contribution is 5.94. The SMILES string of the molecule is COc1ccc(C(=O)NCc2cc([N+](=O)[O-])cc3c2OCOC3)cc1. The van der Waals surface area contributed by atoms with E-state index >= 15 is 0 Å². The van der Waals surface area contributed by atoms with E-state index in [1.165, 1.54) is 12.1 Å². The molecule has 2 aromatic rings. The highest BCUT2D eigenvalue weighted by Gasteiger charge is 2.21. The van der Waals surface area contributed by atoms with E-state index in [0.717, 1.165) is 0 Å². The summed E-state index contributed by atoms with van der Waals surface area (Å²) in [4.78, 5) is 22.9. The number of amides is 1. The largest absolute Gasteiger partial charge is 0.497 e. The second-order valence-corrected chi connectivity index (χ2v) is 5.37. The molecule has 0 aromatic heterocycles. The van der Waals surface area contributed by atoms with Crippen LogP contribution >= 0.6 is 0 Å². The van der Waals surface area contributed by atoms with Crippen LogP contribution in [0.15, 0.2) is 36.4 Å². The summed E-state index contributed by atoms with van der Waals surface area (Å²) in [5, 5.41) is 13.8. The number of carbonyl (C=O) groups is 1. The van der Waals surface area contributed by atoms with E-state index in [2.05, 4.69) is 5.32 Å². The Bertz CT molecular complexity index is 804. The number of non-ortho nitro benzene ring substituents is 1. The van der Waals surface area contributed by atoms with Crippen molar-refractivity contribution in [2.24, 2.45) is 0 Å². The zero-order valence-electron chi connectivity index (χ0n) is 13.5. The topological polar surface area (TPSA) is 99.9 Å². The first-order valence-corrected chi connectivity index (χ1v) is 7.51. The minimum absolute atomic E-state index is 0.0680. The molecule has 1 aliphatic rings. The number of rotatable bonds is 5. The molecule has 0 bridgehead atoms. The number of nitrogens with zero attached hydrogens (tertiary/aromatic N) is 1. The summed E-state index contributed by atoms with van der Waals surface area (Å²) >= 11 is 0. The van der Waals surface area contributed by atoms with Gasteiger partial charge in [0, 0.05) is 35.4 Å². The van der Waals surface area contributed by atoms with Crippen LogP contribution in [0.25, 0.3) is 0 Å². The molecule has 8 nitrogen and oxygen atoms in total. The lowest BCUT2D eigenvalue weighted by Gasteiger charge is -2.20. The molecular weight excluding hydrogens is 328 g/mol. The first kappa shape index (κ1) is 16.7. The third-order valence-electron chi connectivity index (χ3n) is 3.77. The Morgan fingerprint density at radius 3 is 2.76 bits per heavy atom. The molecule has 0 spiro atoms. The minimum atomic E-state index is -0.482. The molecular formula is C17H16N2O6. The number of methoxy groups -OCH3 is 1. The van der Waals surface area contributed by atoms with Gasteiger partial charge in [-0.2, -0.15) is 0 Å². The summed E-state index contributed by atoms with van der Waals surface area (Å²) in [7, 11) is 1.55. The van der Waals surface area contributed by atoms with Gasteiger partial charge in [0.15, 0.2) is 6.79 Å². The standard InChI is InChI=1S/C17H16N2O6/c1-23-15-4-2-11(3-5-15)17(20)18-8-12-6-14(19(21)22)7-13-9-24-10-25-16(12)13/h2-7H,8-10H2,1H3,(H,18,20). The van der Waals surface area contributed by atoms with Gasteiger partial charge < -0.3 is 19.5 Å². The Morgan fingerprint density at radius 2 is 2.08 bits per heavy atom. The smallest absolute Gasteiger partial charge is 0.270 e. The molecule has 1 N–H and O–H groups in total. The molecule has 0 fully saturated rings. The van der Waals surface area contributed by atoms with Gasteiger partial charge >= 0.3 is 0 Å². The number of carbonyl (C=O) groups excluding carboxylic acids is 1. The summed E-state index contributed by atoms with van der Waals surface area (Å²) in [5.74, 6) is 0.875. The zero-order chi connectivity index (χ0) is 17.8. The average Bonchev–Trinajstić information content (AvgIpc) is 2.65. The molecule has 0 unspecified atom stereocenters. The van der Waals surface area contributed by atoms with Crippen LogP contribution in [-0.4, -0.2) is 24.7 Å². The van der Waals surface area contributed by atoms with Crippen molar-refractivity contribution in [3.05, 3.63) is 63.2 Å². The van der Waals surface area contributed by atoms with E-state index in [1.807, 2.05) is 0 Å². The lowest BCUT2D eigenvalue weighted by atomic mass is 10.1. The molecule has 0 radical (unpaired) electrons. The fourth-order valence-corrected chi connectivity index (χ4v) is 2.54. The van der Waals surface area contributed by atoms with Crippen LogP contribution in [-0.2, 0) is 17.9 Å². The first-order chi connectivity index (χ1) is 12.1. The lowest BCUT2D eigenvalue weighted by Crippen LogP contribution is -2.24. The Balaban J connectivity index is 1.78. The van der Waals surface area contributed by atoms with Gasteiger partial charge in [0.1, 0.15) is 11.5 Å². The molecule has 0 aliphatic carbocycles. The van der Waals surface area contributed by atoms with Gasteiger partial charge in [0.2, 0.25) is 0 Å². The van der Waals surface area contributed by atoms with Gasteiger partial charge in [-0.15, -0.1) is 0 Å². The second kappa shape index (κ2) is 7.18. The number of fused-ring (bicyclic) bond motifs is 1. The molecule has 8 heteroatoms. The predicted octanol–water partition coefficient (Wildman–Crippen LogP) is 2.40. The van der Waals surface area contributed by atoms with Crippen LogP contribution < -0.4 is 14.8 Å². The lowest BCUT2D eigenvalue weighted by molar-refractivity contribution is -0.385. The van der Waals surface area contributed by atoms with Crippen LogP contribution in [0, 0.1) is 10.1 Å². The van der Waals surface area contributed by atoms with Gasteiger partial charge in [-0.25, -0.2) is 0 Å². The summed E-state index contributed by atoms with van der Waals surface area (Å²) in [6.45, 7) is 0.412. The number of hydrogen-bond donors (Lipinski definition) is 1. The van der Waals surface area contributed by atoms with Crippen molar-refractivity contribution in [2.75, 3.05) is 13.9 Å². The molecule has 1 aliphatic heterocycles. The van der Waals surface area contributed by atoms with Gasteiger partial charge in [-0.3, -0.25) is 14.9 Å². The molecule has 130 valence electrons. The third kappa shape index (κ3) is 3.69. The van der Waals surface area contributed by atoms with Gasteiger partial charge in [-0.1, -0.05) is 0 Å². The number of nitrogens with one attached hydrogen (secondary N) is 1. The van der Waals surface area contributed by atoms with E-state index in [9.17, 15) is 14.9 Å². The quantitative estimate of drug-likeness (QED) is 0.660. The highest BCUT2D eigenvalue weighted by atomic mass is 16.7. The van der Waals surface area contributed by atoms with E-state index in [-0.39, 0.29) is 31.5 Å². The number of nitro groups is 1. The number of benzene rings is 2. The third-order valence-corrected chi connectivity index (χ3v) is 3.77. The average molecular weight is 344 g/mol. The maximum atomic E-state index is 12.3. The summed E-state index contributed by atoms with van der Waals surface area (Å²) < 4.78 is 15.7. The van der Waals surface area contributed by atoms with Crippen LogP contribution in [0.3, 0.4) is 0 Å². The van der Waals surface area contributed by atoms with Crippen molar-refractivity contribution < 1.29 is 23.9 Å². The number of hydrogen-bond acceptors (Lipinski definition) is 6. The van der Waals surface area contributed by atoms with Gasteiger partial charge in [0.05, 0.1) is 18.6 Å². The van der Waals surface area contributed by atoms with Gasteiger partial charge in [0.25, 0.3) is 11.6 Å². The number of nitro benzene ring substituents is 1. The molecule has 0 atom stereocenters. The summed E-state index contributed by atoms with van der Waals surface area (Å²) in [6.07, 6.45) is 0. The van der Waals surface area contributed by atoms with Crippen LogP contribution in [0.5, 0.6) is 11.5 Å². The fraction of sp³-hybridized carbons (Fsp3) is 0.235. The fourth-order valence-electron chi connectivity index (χ4n) is 2.54. The van der Waals surface area contributed by atoms with Crippen LogP contribution in [0.2, 0.25) is 0 Å². The molecule has 2 aromatic carbocycles. The van der Waals surface area contributed by atoms with E-state index in [1.54, 1.807) is 31.4 Å². The molecule has 3 rings (SSSR count). The molecule has 1 heterocycles. The Hall–Kier alpha value is -3.13. The van der Waals surface area contributed by atoms with Crippen molar-refractivity contribution in [3.63, 3.8) is 0 Å². The van der Waals surface area contributed by atoms with Crippen molar-refractivity contribution in [1.82, 2.24) is 5.32 Å². The van der Waals surface area contributed by atoms with Crippen LogP contribution in [0.4, 0.5) is 5.69 Å².